The van der Waals surface area contributed by atoms with Gasteiger partial charge in [-0.3, -0.25) is 0 Å². The van der Waals surface area contributed by atoms with Crippen molar-refractivity contribution in [3.05, 3.63) is 157 Å². The number of hydrogen-bond donors (Lipinski definition) is 0. The lowest BCUT2D eigenvalue weighted by atomic mass is 9.88. The molecule has 0 aliphatic heterocycles. The van der Waals surface area contributed by atoms with E-state index in [0.717, 1.165) is 4.43 Å². The van der Waals surface area contributed by atoms with Gasteiger partial charge in [0.1, 0.15) is 0 Å². The fraction of sp³-hybridized carbons (Fsp3) is 0.0526. The standard InChI is InChI=1S/C38H29I/c1-27-12-16-31(17-13-27)35-22-20-33(24-37(35)29-8-4-2-5-9-29)34-21-23-36(32-18-14-28(26-39)15-19-32)38(25-34)30-10-6-3-7-11-30/h2-25H,26H2,1H3. The van der Waals surface area contributed by atoms with E-state index in [-0.39, 0.29) is 0 Å². The lowest BCUT2D eigenvalue weighted by molar-refractivity contribution is 1.45. The molecular weight excluding hydrogens is 583 g/mol. The predicted molar refractivity (Wildman–Crippen MR) is 176 cm³/mol. The molecular formula is C38H29I. The SMILES string of the molecule is Cc1ccc(-c2ccc(-c3ccc(-c4ccc(CI)cc4)c(-c4ccccc4)c3)cc2-c2ccccc2)cc1. The molecule has 0 spiro atoms. The van der Waals surface area contributed by atoms with Gasteiger partial charge in [-0.25, -0.2) is 0 Å². The average Bonchev–Trinajstić information content (AvgIpc) is 3.02. The number of benzene rings is 6. The Hall–Kier alpha value is -3.95. The molecule has 0 fully saturated rings. The van der Waals surface area contributed by atoms with E-state index < -0.39 is 0 Å². The fourth-order valence-electron chi connectivity index (χ4n) is 5.17. The van der Waals surface area contributed by atoms with E-state index in [1.54, 1.807) is 0 Å². The summed E-state index contributed by atoms with van der Waals surface area (Å²) in [6.07, 6.45) is 0. The predicted octanol–water partition coefficient (Wildman–Crippen LogP) is 11.3. The molecule has 0 atom stereocenters. The second-order valence-electron chi connectivity index (χ2n) is 9.95. The average molecular weight is 613 g/mol. The van der Waals surface area contributed by atoms with E-state index in [1.165, 1.54) is 66.8 Å². The van der Waals surface area contributed by atoms with E-state index in [4.69, 9.17) is 0 Å². The summed E-state index contributed by atoms with van der Waals surface area (Å²) in [7, 11) is 0. The Kier molecular flexibility index (Phi) is 7.42. The normalized spacial score (nSPS) is 10.9. The number of aryl methyl sites for hydroxylation is 1. The van der Waals surface area contributed by atoms with Crippen LogP contribution in [0.4, 0.5) is 0 Å². The first kappa shape index (κ1) is 25.3. The molecule has 39 heavy (non-hydrogen) atoms. The third-order valence-electron chi connectivity index (χ3n) is 7.32. The van der Waals surface area contributed by atoms with Gasteiger partial charge in [0.25, 0.3) is 0 Å². The maximum absolute atomic E-state index is 2.42. The highest BCUT2D eigenvalue weighted by molar-refractivity contribution is 14.1. The maximum atomic E-state index is 2.42. The first-order chi connectivity index (χ1) is 19.2. The Balaban J connectivity index is 1.50. The van der Waals surface area contributed by atoms with Crippen molar-refractivity contribution in [1.29, 1.82) is 0 Å². The van der Waals surface area contributed by atoms with Crippen LogP contribution in [-0.4, -0.2) is 0 Å². The number of rotatable bonds is 6. The van der Waals surface area contributed by atoms with E-state index in [2.05, 4.69) is 175 Å². The summed E-state index contributed by atoms with van der Waals surface area (Å²) < 4.78 is 1.02. The van der Waals surface area contributed by atoms with Gasteiger partial charge in [-0.1, -0.05) is 162 Å². The minimum absolute atomic E-state index is 1.02. The molecule has 0 unspecified atom stereocenters. The molecule has 0 heterocycles. The summed E-state index contributed by atoms with van der Waals surface area (Å²) >= 11 is 2.42. The van der Waals surface area contributed by atoms with Gasteiger partial charge in [0.2, 0.25) is 0 Å². The van der Waals surface area contributed by atoms with Gasteiger partial charge in [-0.15, -0.1) is 0 Å². The summed E-state index contributed by atoms with van der Waals surface area (Å²) in [6, 6.07) is 53.1. The van der Waals surface area contributed by atoms with Gasteiger partial charge in [0.15, 0.2) is 0 Å². The molecule has 0 aliphatic carbocycles. The molecule has 1 heteroatoms. The Morgan fingerprint density at radius 2 is 0.769 bits per heavy atom. The Morgan fingerprint density at radius 1 is 0.385 bits per heavy atom. The fourth-order valence-corrected chi connectivity index (χ4v) is 5.68. The minimum atomic E-state index is 1.02. The van der Waals surface area contributed by atoms with E-state index in [9.17, 15) is 0 Å². The van der Waals surface area contributed by atoms with Crippen molar-refractivity contribution >= 4 is 22.6 Å². The van der Waals surface area contributed by atoms with Crippen molar-refractivity contribution in [3.8, 4) is 55.6 Å². The van der Waals surface area contributed by atoms with E-state index >= 15 is 0 Å². The van der Waals surface area contributed by atoms with Crippen LogP contribution >= 0.6 is 22.6 Å². The zero-order valence-corrected chi connectivity index (χ0v) is 24.1. The van der Waals surface area contributed by atoms with Crippen molar-refractivity contribution in [2.24, 2.45) is 0 Å². The molecule has 6 rings (SSSR count). The highest BCUT2D eigenvalue weighted by Crippen LogP contribution is 2.39. The molecule has 0 saturated carbocycles. The van der Waals surface area contributed by atoms with Crippen molar-refractivity contribution < 1.29 is 0 Å². The maximum Gasteiger partial charge on any atom is 0.0247 e. The Labute approximate surface area is 245 Å². The second-order valence-corrected chi connectivity index (χ2v) is 10.7. The van der Waals surface area contributed by atoms with Crippen LogP contribution in [0.25, 0.3) is 55.6 Å². The van der Waals surface area contributed by atoms with Crippen LogP contribution in [0.2, 0.25) is 0 Å². The Morgan fingerprint density at radius 3 is 1.21 bits per heavy atom. The van der Waals surface area contributed by atoms with Crippen molar-refractivity contribution in [1.82, 2.24) is 0 Å². The summed E-state index contributed by atoms with van der Waals surface area (Å²) in [5.74, 6) is 0. The smallest absolute Gasteiger partial charge is 0.0247 e. The monoisotopic (exact) mass is 612 g/mol. The first-order valence-corrected chi connectivity index (χ1v) is 14.8. The first-order valence-electron chi connectivity index (χ1n) is 13.3. The largest absolute Gasteiger partial charge is 0.0812 e. The second kappa shape index (κ2) is 11.4. The van der Waals surface area contributed by atoms with Crippen LogP contribution in [0, 0.1) is 6.92 Å². The summed E-state index contributed by atoms with van der Waals surface area (Å²) in [4.78, 5) is 0. The van der Waals surface area contributed by atoms with Crippen LogP contribution in [0.5, 0.6) is 0 Å². The van der Waals surface area contributed by atoms with E-state index in [1.807, 2.05) is 0 Å². The minimum Gasteiger partial charge on any atom is -0.0812 e. The highest BCUT2D eigenvalue weighted by Gasteiger charge is 2.13. The third kappa shape index (κ3) is 5.46. The molecule has 0 nitrogen and oxygen atoms in total. The van der Waals surface area contributed by atoms with Gasteiger partial charge in [0, 0.05) is 4.43 Å². The zero-order chi connectivity index (χ0) is 26.6. The summed E-state index contributed by atoms with van der Waals surface area (Å²) in [5, 5.41) is 0. The lowest BCUT2D eigenvalue weighted by Gasteiger charge is -2.16. The van der Waals surface area contributed by atoms with Crippen LogP contribution in [-0.2, 0) is 4.43 Å². The molecule has 188 valence electrons. The molecule has 0 aliphatic rings. The van der Waals surface area contributed by atoms with Gasteiger partial charge in [-0.05, 0) is 80.3 Å². The molecule has 6 aromatic carbocycles. The van der Waals surface area contributed by atoms with Gasteiger partial charge in [-0.2, -0.15) is 0 Å². The molecule has 0 saturated heterocycles. The summed E-state index contributed by atoms with van der Waals surface area (Å²) in [6.45, 7) is 2.14. The van der Waals surface area contributed by atoms with E-state index in [0.29, 0.717) is 0 Å². The molecule has 0 N–H and O–H groups in total. The number of halogens is 1. The van der Waals surface area contributed by atoms with Gasteiger partial charge in [0.05, 0.1) is 0 Å². The topological polar surface area (TPSA) is 0 Å². The van der Waals surface area contributed by atoms with Crippen molar-refractivity contribution in [2.75, 3.05) is 0 Å². The van der Waals surface area contributed by atoms with Crippen LogP contribution in [0.15, 0.2) is 146 Å². The van der Waals surface area contributed by atoms with Gasteiger partial charge >= 0.3 is 0 Å². The number of alkyl halides is 1. The molecule has 0 radical (unpaired) electrons. The Bertz CT molecular complexity index is 1700. The van der Waals surface area contributed by atoms with Gasteiger partial charge < -0.3 is 0 Å². The molecule has 6 aromatic rings. The van der Waals surface area contributed by atoms with Crippen LogP contribution < -0.4 is 0 Å². The van der Waals surface area contributed by atoms with Crippen molar-refractivity contribution in [3.63, 3.8) is 0 Å². The zero-order valence-electron chi connectivity index (χ0n) is 21.9. The molecule has 0 aromatic heterocycles. The van der Waals surface area contributed by atoms with Crippen molar-refractivity contribution in [2.45, 2.75) is 11.4 Å². The molecule has 0 amide bonds. The van der Waals surface area contributed by atoms with Crippen LogP contribution in [0.3, 0.4) is 0 Å². The number of hydrogen-bond acceptors (Lipinski definition) is 0. The van der Waals surface area contributed by atoms with Crippen LogP contribution in [0.1, 0.15) is 11.1 Å². The third-order valence-corrected chi connectivity index (χ3v) is 8.20. The highest BCUT2D eigenvalue weighted by atomic mass is 127. The quantitative estimate of drug-likeness (QED) is 0.130. The summed E-state index contributed by atoms with van der Waals surface area (Å²) in [5.41, 5.74) is 15.0. The molecule has 0 bridgehead atoms. The lowest BCUT2D eigenvalue weighted by Crippen LogP contribution is -1.90.